The molecule has 1 nitrogen and oxygen atoms in total. The molecule has 2 heteroatoms. The van der Waals surface area contributed by atoms with E-state index in [4.69, 9.17) is 0 Å². The van der Waals surface area contributed by atoms with Gasteiger partial charge >= 0.3 is 0 Å². The maximum Gasteiger partial charge on any atom is 0.0566 e. The molecule has 0 amide bonds. The van der Waals surface area contributed by atoms with Crippen molar-refractivity contribution in [1.82, 2.24) is 0 Å². The molecule has 1 atom stereocenters. The highest BCUT2D eigenvalue weighted by Gasteiger charge is 2.22. The lowest BCUT2D eigenvalue weighted by Crippen LogP contribution is -2.06. The Bertz CT molecular complexity index is 497. The average Bonchev–Trinajstić information content (AvgIpc) is 2.73. The van der Waals surface area contributed by atoms with Crippen LogP contribution in [0, 0.1) is 0 Å². The third-order valence-corrected chi connectivity index (χ3v) is 3.77. The molecule has 1 N–H and O–H groups in total. The number of anilines is 1. The van der Waals surface area contributed by atoms with Gasteiger partial charge in [-0.1, -0.05) is 52.3 Å². The molecule has 1 heterocycles. The summed E-state index contributed by atoms with van der Waals surface area (Å²) >= 11 is 3.61. The number of halogens is 1. The van der Waals surface area contributed by atoms with E-state index >= 15 is 0 Å². The molecule has 2 aromatic rings. The summed E-state index contributed by atoms with van der Waals surface area (Å²) in [5.74, 6) is 0. The van der Waals surface area contributed by atoms with Crippen LogP contribution in [-0.4, -0.2) is 0 Å². The summed E-state index contributed by atoms with van der Waals surface area (Å²) in [6, 6.07) is 17.3. The van der Waals surface area contributed by atoms with E-state index in [1.54, 1.807) is 0 Å². The van der Waals surface area contributed by atoms with Crippen LogP contribution in [-0.2, 0) is 6.42 Å². The summed E-state index contributed by atoms with van der Waals surface area (Å²) in [6.07, 6.45) is 1.07. The van der Waals surface area contributed by atoms with Gasteiger partial charge in [-0.05, 0) is 29.7 Å². The molecule has 80 valence electrons. The Morgan fingerprint density at radius 1 is 1.00 bits per heavy atom. The molecule has 0 aromatic heterocycles. The zero-order valence-corrected chi connectivity index (χ0v) is 10.4. The molecule has 3 rings (SSSR count). The lowest BCUT2D eigenvalue weighted by molar-refractivity contribution is 0.819. The first kappa shape index (κ1) is 9.91. The number of nitrogens with one attached hydrogen (secondary N) is 1. The van der Waals surface area contributed by atoms with Crippen molar-refractivity contribution < 1.29 is 0 Å². The second-order valence-corrected chi connectivity index (χ2v) is 4.93. The zero-order chi connectivity index (χ0) is 11.0. The smallest absolute Gasteiger partial charge is 0.0566 e. The molecule has 1 aliphatic heterocycles. The Morgan fingerprint density at radius 3 is 2.56 bits per heavy atom. The molecule has 0 saturated heterocycles. The molecular formula is C14H12BrN. The minimum absolute atomic E-state index is 0.396. The number of benzene rings is 2. The van der Waals surface area contributed by atoms with Crippen molar-refractivity contribution >= 4 is 21.6 Å². The third-order valence-electron chi connectivity index (χ3n) is 3.05. The first-order valence-corrected chi connectivity index (χ1v) is 6.23. The summed E-state index contributed by atoms with van der Waals surface area (Å²) < 4.78 is 1.18. The van der Waals surface area contributed by atoms with Crippen molar-refractivity contribution in [3.63, 3.8) is 0 Å². The van der Waals surface area contributed by atoms with Crippen LogP contribution in [0.2, 0.25) is 0 Å². The molecule has 0 bridgehead atoms. The molecular weight excluding hydrogens is 262 g/mol. The van der Waals surface area contributed by atoms with Gasteiger partial charge in [-0.15, -0.1) is 0 Å². The van der Waals surface area contributed by atoms with E-state index in [0.717, 1.165) is 6.42 Å². The fourth-order valence-corrected chi connectivity index (χ4v) is 2.80. The van der Waals surface area contributed by atoms with Crippen LogP contribution in [0.4, 0.5) is 5.69 Å². The summed E-state index contributed by atoms with van der Waals surface area (Å²) in [5, 5.41) is 3.56. The normalized spacial score (nSPS) is 17.9. The topological polar surface area (TPSA) is 12.0 Å². The highest BCUT2D eigenvalue weighted by Crippen LogP contribution is 2.36. The van der Waals surface area contributed by atoms with Crippen molar-refractivity contribution in [2.24, 2.45) is 0 Å². The SMILES string of the molecule is Brc1ccccc1C1Cc2ccccc2N1. The van der Waals surface area contributed by atoms with Gasteiger partial charge in [0.15, 0.2) is 0 Å². The van der Waals surface area contributed by atoms with E-state index in [0.29, 0.717) is 6.04 Å². The van der Waals surface area contributed by atoms with Gasteiger partial charge in [0, 0.05) is 10.2 Å². The minimum atomic E-state index is 0.396. The minimum Gasteiger partial charge on any atom is -0.378 e. The summed E-state index contributed by atoms with van der Waals surface area (Å²) in [5.41, 5.74) is 4.00. The van der Waals surface area contributed by atoms with Crippen LogP contribution in [0.3, 0.4) is 0 Å². The van der Waals surface area contributed by atoms with Crippen LogP contribution < -0.4 is 5.32 Å². The van der Waals surface area contributed by atoms with E-state index in [-0.39, 0.29) is 0 Å². The molecule has 16 heavy (non-hydrogen) atoms. The Labute approximate surface area is 104 Å². The van der Waals surface area contributed by atoms with Crippen molar-refractivity contribution in [2.75, 3.05) is 5.32 Å². The van der Waals surface area contributed by atoms with Crippen LogP contribution in [0.25, 0.3) is 0 Å². The lowest BCUT2D eigenvalue weighted by Gasteiger charge is -2.13. The molecule has 0 spiro atoms. The van der Waals surface area contributed by atoms with Gasteiger partial charge in [-0.2, -0.15) is 0 Å². The van der Waals surface area contributed by atoms with E-state index in [9.17, 15) is 0 Å². The summed E-state index contributed by atoms with van der Waals surface area (Å²) in [6.45, 7) is 0. The molecule has 0 fully saturated rings. The van der Waals surface area contributed by atoms with Crippen LogP contribution in [0.15, 0.2) is 53.0 Å². The van der Waals surface area contributed by atoms with Crippen molar-refractivity contribution in [3.05, 3.63) is 64.1 Å². The van der Waals surface area contributed by atoms with Crippen LogP contribution in [0.1, 0.15) is 17.2 Å². The van der Waals surface area contributed by atoms with Gasteiger partial charge in [-0.25, -0.2) is 0 Å². The first-order chi connectivity index (χ1) is 7.84. The molecule has 0 saturated carbocycles. The number of hydrogen-bond donors (Lipinski definition) is 1. The van der Waals surface area contributed by atoms with E-state index in [1.807, 2.05) is 0 Å². The van der Waals surface area contributed by atoms with E-state index in [2.05, 4.69) is 69.8 Å². The highest BCUT2D eigenvalue weighted by molar-refractivity contribution is 9.10. The van der Waals surface area contributed by atoms with Crippen molar-refractivity contribution in [1.29, 1.82) is 0 Å². The van der Waals surface area contributed by atoms with Crippen molar-refractivity contribution in [2.45, 2.75) is 12.5 Å². The Hall–Kier alpha value is -1.28. The second-order valence-electron chi connectivity index (χ2n) is 4.08. The Morgan fingerprint density at radius 2 is 1.75 bits per heavy atom. The van der Waals surface area contributed by atoms with Gasteiger partial charge in [0.1, 0.15) is 0 Å². The monoisotopic (exact) mass is 273 g/mol. The van der Waals surface area contributed by atoms with Gasteiger partial charge in [0.05, 0.1) is 6.04 Å². The fraction of sp³-hybridized carbons (Fsp3) is 0.143. The van der Waals surface area contributed by atoms with Gasteiger partial charge in [0.2, 0.25) is 0 Å². The average molecular weight is 274 g/mol. The zero-order valence-electron chi connectivity index (χ0n) is 8.78. The predicted octanol–water partition coefficient (Wildman–Crippen LogP) is 4.16. The summed E-state index contributed by atoms with van der Waals surface area (Å²) in [7, 11) is 0. The van der Waals surface area contributed by atoms with Crippen molar-refractivity contribution in [3.8, 4) is 0 Å². The lowest BCUT2D eigenvalue weighted by atomic mass is 10.0. The maximum absolute atomic E-state index is 3.61. The van der Waals surface area contributed by atoms with Crippen LogP contribution >= 0.6 is 15.9 Å². The molecule has 0 aliphatic carbocycles. The van der Waals surface area contributed by atoms with Crippen LogP contribution in [0.5, 0.6) is 0 Å². The number of hydrogen-bond acceptors (Lipinski definition) is 1. The number of fused-ring (bicyclic) bond motifs is 1. The molecule has 2 aromatic carbocycles. The fourth-order valence-electron chi connectivity index (χ4n) is 2.24. The predicted molar refractivity (Wildman–Crippen MR) is 70.7 cm³/mol. The molecule has 0 radical (unpaired) electrons. The quantitative estimate of drug-likeness (QED) is 0.823. The maximum atomic E-state index is 3.61. The third kappa shape index (κ3) is 1.63. The number of para-hydroxylation sites is 1. The largest absolute Gasteiger partial charge is 0.378 e. The number of rotatable bonds is 1. The summed E-state index contributed by atoms with van der Waals surface area (Å²) in [4.78, 5) is 0. The van der Waals surface area contributed by atoms with Gasteiger partial charge < -0.3 is 5.32 Å². The molecule has 1 unspecified atom stereocenters. The standard InChI is InChI=1S/C14H12BrN/c15-12-7-3-2-6-11(12)14-9-10-5-1-4-8-13(10)16-14/h1-8,14,16H,9H2. The first-order valence-electron chi connectivity index (χ1n) is 5.43. The van der Waals surface area contributed by atoms with Gasteiger partial charge in [-0.3, -0.25) is 0 Å². The van der Waals surface area contributed by atoms with Gasteiger partial charge in [0.25, 0.3) is 0 Å². The van der Waals surface area contributed by atoms with E-state index < -0.39 is 0 Å². The Kier molecular flexibility index (Phi) is 2.44. The second kappa shape index (κ2) is 3.95. The Balaban J connectivity index is 1.95. The molecule has 1 aliphatic rings. The highest BCUT2D eigenvalue weighted by atomic mass is 79.9. The van der Waals surface area contributed by atoms with E-state index in [1.165, 1.54) is 21.3 Å².